The first-order valence-corrected chi connectivity index (χ1v) is 8.10. The van der Waals surface area contributed by atoms with Crippen LogP contribution in [0.15, 0.2) is 29.2 Å². The van der Waals surface area contributed by atoms with Crippen molar-refractivity contribution in [1.82, 2.24) is 5.32 Å². The number of hydrogen-bond donors (Lipinski definition) is 1. The van der Waals surface area contributed by atoms with Gasteiger partial charge in [0.15, 0.2) is 0 Å². The Morgan fingerprint density at radius 2 is 2.19 bits per heavy atom. The minimum atomic E-state index is -2.49. The molecule has 1 fully saturated rings. The molecule has 1 atom stereocenters. The third-order valence-corrected chi connectivity index (χ3v) is 4.23. The largest absolute Gasteiger partial charge is 0.310 e. The molecule has 0 spiro atoms. The fourth-order valence-electron chi connectivity index (χ4n) is 2.50. The van der Waals surface area contributed by atoms with Crippen LogP contribution < -0.4 is 10.2 Å². The van der Waals surface area contributed by atoms with Crippen molar-refractivity contribution >= 4 is 23.4 Å². The fourth-order valence-corrected chi connectivity index (χ4v) is 3.15. The highest BCUT2D eigenvalue weighted by molar-refractivity contribution is 7.99. The Hall–Kier alpha value is -1.14. The van der Waals surface area contributed by atoms with Gasteiger partial charge in [-0.15, -0.1) is 0 Å². The van der Waals surface area contributed by atoms with Gasteiger partial charge in [0, 0.05) is 11.4 Å². The Morgan fingerprint density at radius 3 is 2.90 bits per heavy atom. The molecule has 1 saturated heterocycles. The van der Waals surface area contributed by atoms with E-state index >= 15 is 0 Å². The number of anilines is 1. The molecule has 2 rings (SSSR count). The summed E-state index contributed by atoms with van der Waals surface area (Å²) in [6, 6.07) is 6.67. The molecule has 6 heteroatoms. The van der Waals surface area contributed by atoms with Gasteiger partial charge in [-0.1, -0.05) is 30.8 Å². The molecule has 1 aromatic carbocycles. The quantitative estimate of drug-likeness (QED) is 0.816. The summed E-state index contributed by atoms with van der Waals surface area (Å²) in [7, 11) is 0. The van der Waals surface area contributed by atoms with Gasteiger partial charge in [-0.05, 0) is 37.9 Å². The topological polar surface area (TPSA) is 32.3 Å². The summed E-state index contributed by atoms with van der Waals surface area (Å²) >= 11 is 0.492. The number of amides is 1. The van der Waals surface area contributed by atoms with Crippen LogP contribution in [0.2, 0.25) is 0 Å². The summed E-state index contributed by atoms with van der Waals surface area (Å²) in [5.41, 5.74) is 0.593. The first-order chi connectivity index (χ1) is 10.1. The highest BCUT2D eigenvalue weighted by atomic mass is 32.2. The van der Waals surface area contributed by atoms with Crippen LogP contribution in [-0.4, -0.2) is 30.8 Å². The van der Waals surface area contributed by atoms with Gasteiger partial charge < -0.3 is 10.2 Å². The van der Waals surface area contributed by atoms with Crippen LogP contribution in [0.25, 0.3) is 0 Å². The van der Waals surface area contributed by atoms with Crippen molar-refractivity contribution < 1.29 is 13.6 Å². The first kappa shape index (κ1) is 16.2. The van der Waals surface area contributed by atoms with Gasteiger partial charge in [0.2, 0.25) is 5.91 Å². The lowest BCUT2D eigenvalue weighted by Gasteiger charge is -2.33. The van der Waals surface area contributed by atoms with E-state index in [1.165, 1.54) is 0 Å². The van der Waals surface area contributed by atoms with E-state index in [2.05, 4.69) is 5.32 Å². The van der Waals surface area contributed by atoms with Crippen LogP contribution in [0.4, 0.5) is 14.5 Å². The van der Waals surface area contributed by atoms with Crippen LogP contribution in [-0.2, 0) is 4.79 Å². The number of nitrogens with zero attached hydrogens (tertiary/aromatic N) is 1. The summed E-state index contributed by atoms with van der Waals surface area (Å²) in [6.45, 7) is 3.42. The summed E-state index contributed by atoms with van der Waals surface area (Å²) < 4.78 is 25.3. The molecule has 0 aliphatic carbocycles. The predicted octanol–water partition coefficient (Wildman–Crippen LogP) is 3.50. The van der Waals surface area contributed by atoms with E-state index < -0.39 is 5.76 Å². The zero-order valence-electron chi connectivity index (χ0n) is 12.0. The molecule has 0 saturated carbocycles. The van der Waals surface area contributed by atoms with E-state index in [1.54, 1.807) is 29.2 Å². The van der Waals surface area contributed by atoms with Gasteiger partial charge in [-0.25, -0.2) is 0 Å². The van der Waals surface area contributed by atoms with E-state index in [4.69, 9.17) is 0 Å². The lowest BCUT2D eigenvalue weighted by atomic mass is 10.0. The standard InChI is InChI=1S/C15H20F2N2OS/c1-2-9-18-11-6-5-10-19(14(11)20)12-7-3-4-8-13(12)21-15(16)17/h3-4,7-8,11,15,18H,2,5-6,9-10H2,1H3. The average molecular weight is 314 g/mol. The van der Waals surface area contributed by atoms with Gasteiger partial charge in [0.05, 0.1) is 11.7 Å². The van der Waals surface area contributed by atoms with Crippen LogP contribution in [0.1, 0.15) is 26.2 Å². The number of thioether (sulfide) groups is 1. The zero-order valence-corrected chi connectivity index (χ0v) is 12.8. The molecule has 116 valence electrons. The Morgan fingerprint density at radius 1 is 1.43 bits per heavy atom. The summed E-state index contributed by atoms with van der Waals surface area (Å²) in [4.78, 5) is 14.6. The van der Waals surface area contributed by atoms with Crippen LogP contribution in [0.3, 0.4) is 0 Å². The Kier molecular flexibility index (Phi) is 5.99. The monoisotopic (exact) mass is 314 g/mol. The third kappa shape index (κ3) is 4.17. The fraction of sp³-hybridized carbons (Fsp3) is 0.533. The van der Waals surface area contributed by atoms with Crippen molar-refractivity contribution in [2.75, 3.05) is 18.0 Å². The van der Waals surface area contributed by atoms with Crippen LogP contribution in [0.5, 0.6) is 0 Å². The Labute approximate surface area is 128 Å². The maximum Gasteiger partial charge on any atom is 0.288 e. The molecule has 1 aromatic rings. The minimum Gasteiger partial charge on any atom is -0.310 e. The van der Waals surface area contributed by atoms with Gasteiger partial charge in [0.25, 0.3) is 5.76 Å². The number of alkyl halides is 2. The molecule has 1 N–H and O–H groups in total. The van der Waals surface area contributed by atoms with Crippen molar-refractivity contribution in [3.8, 4) is 0 Å². The lowest BCUT2D eigenvalue weighted by molar-refractivity contribution is -0.121. The Bertz CT molecular complexity index is 484. The summed E-state index contributed by atoms with van der Waals surface area (Å²) in [5.74, 6) is -2.50. The number of piperidine rings is 1. The van der Waals surface area contributed by atoms with Crippen molar-refractivity contribution in [2.24, 2.45) is 0 Å². The molecule has 21 heavy (non-hydrogen) atoms. The maximum atomic E-state index is 12.7. The SMILES string of the molecule is CCCNC1CCCN(c2ccccc2SC(F)F)C1=O. The first-order valence-electron chi connectivity index (χ1n) is 7.22. The van der Waals surface area contributed by atoms with Gasteiger partial charge in [-0.2, -0.15) is 8.78 Å². The molecule has 0 radical (unpaired) electrons. The molecule has 0 aromatic heterocycles. The molecule has 1 amide bonds. The van der Waals surface area contributed by atoms with E-state index in [0.717, 1.165) is 25.8 Å². The smallest absolute Gasteiger partial charge is 0.288 e. The number of carbonyl (C=O) groups is 1. The van der Waals surface area contributed by atoms with E-state index in [9.17, 15) is 13.6 Å². The van der Waals surface area contributed by atoms with Crippen LogP contribution >= 0.6 is 11.8 Å². The molecule has 1 aliphatic heterocycles. The second-order valence-corrected chi connectivity index (χ2v) is 6.02. The highest BCUT2D eigenvalue weighted by Gasteiger charge is 2.30. The number of halogens is 2. The van der Waals surface area contributed by atoms with E-state index in [0.29, 0.717) is 28.9 Å². The van der Waals surface area contributed by atoms with Gasteiger partial charge in [0.1, 0.15) is 0 Å². The maximum absolute atomic E-state index is 12.7. The normalized spacial score (nSPS) is 19.3. The van der Waals surface area contributed by atoms with Gasteiger partial charge in [-0.3, -0.25) is 4.79 Å². The molecule has 1 unspecified atom stereocenters. The molecular weight excluding hydrogens is 294 g/mol. The third-order valence-electron chi connectivity index (χ3n) is 3.45. The number of carbonyl (C=O) groups excluding carboxylic acids is 1. The van der Waals surface area contributed by atoms with Crippen molar-refractivity contribution in [2.45, 2.75) is 42.9 Å². The molecule has 3 nitrogen and oxygen atoms in total. The van der Waals surface area contributed by atoms with Crippen molar-refractivity contribution in [3.05, 3.63) is 24.3 Å². The van der Waals surface area contributed by atoms with E-state index in [1.807, 2.05) is 6.92 Å². The number of nitrogens with one attached hydrogen (secondary N) is 1. The average Bonchev–Trinajstić information content (AvgIpc) is 2.46. The number of para-hydroxylation sites is 1. The minimum absolute atomic E-state index is 0.0167. The van der Waals surface area contributed by atoms with E-state index in [-0.39, 0.29) is 11.9 Å². The molecular formula is C15H20F2N2OS. The number of rotatable bonds is 6. The molecule has 1 aliphatic rings. The summed E-state index contributed by atoms with van der Waals surface area (Å²) in [6.07, 6.45) is 2.64. The number of hydrogen-bond acceptors (Lipinski definition) is 3. The Balaban J connectivity index is 2.18. The molecule has 1 heterocycles. The second-order valence-electron chi connectivity index (χ2n) is 4.99. The summed E-state index contributed by atoms with van der Waals surface area (Å²) in [5, 5.41) is 3.23. The van der Waals surface area contributed by atoms with Gasteiger partial charge >= 0.3 is 0 Å². The second kappa shape index (κ2) is 7.75. The van der Waals surface area contributed by atoms with Crippen molar-refractivity contribution in [1.29, 1.82) is 0 Å². The van der Waals surface area contributed by atoms with Crippen molar-refractivity contribution in [3.63, 3.8) is 0 Å². The zero-order chi connectivity index (χ0) is 15.2. The highest BCUT2D eigenvalue weighted by Crippen LogP contribution is 2.35. The molecule has 0 bridgehead atoms. The number of benzene rings is 1. The van der Waals surface area contributed by atoms with Crippen LogP contribution in [0, 0.1) is 0 Å². The lowest BCUT2D eigenvalue weighted by Crippen LogP contribution is -2.51. The predicted molar refractivity (Wildman–Crippen MR) is 82.0 cm³/mol.